The van der Waals surface area contributed by atoms with Gasteiger partial charge in [0, 0.05) is 26.6 Å². The van der Waals surface area contributed by atoms with Crippen molar-refractivity contribution in [2.45, 2.75) is 32.1 Å². The monoisotopic (exact) mass is 275 g/mol. The van der Waals surface area contributed by atoms with Gasteiger partial charge >= 0.3 is 0 Å². The lowest BCUT2D eigenvalue weighted by atomic mass is 9.98. The quantitative estimate of drug-likeness (QED) is 0.799. The maximum Gasteiger partial charge on any atom is 0.222 e. The predicted molar refractivity (Wildman–Crippen MR) is 80.6 cm³/mol. The second-order valence-corrected chi connectivity index (χ2v) is 5.64. The third-order valence-electron chi connectivity index (χ3n) is 3.97. The third kappa shape index (κ3) is 4.64. The molecular weight excluding hydrogens is 250 g/mol. The van der Waals surface area contributed by atoms with Gasteiger partial charge in [-0.2, -0.15) is 0 Å². The first-order valence-electron chi connectivity index (χ1n) is 7.60. The van der Waals surface area contributed by atoms with Crippen LogP contribution in [0.25, 0.3) is 0 Å². The van der Waals surface area contributed by atoms with Gasteiger partial charge < -0.3 is 9.64 Å². The number of hydrogen-bond acceptors (Lipinski definition) is 2. The molecule has 0 aromatic heterocycles. The summed E-state index contributed by atoms with van der Waals surface area (Å²) >= 11 is 0. The van der Waals surface area contributed by atoms with Crippen LogP contribution >= 0.6 is 0 Å². The lowest BCUT2D eigenvalue weighted by molar-refractivity contribution is -0.133. The summed E-state index contributed by atoms with van der Waals surface area (Å²) in [5.74, 6) is 0.827. The minimum atomic E-state index is 0.307. The summed E-state index contributed by atoms with van der Waals surface area (Å²) in [6, 6.07) is 10.4. The summed E-state index contributed by atoms with van der Waals surface area (Å²) in [4.78, 5) is 14.2. The van der Waals surface area contributed by atoms with Crippen LogP contribution in [0.2, 0.25) is 0 Å². The molecule has 0 N–H and O–H groups in total. The number of hydrogen-bond donors (Lipinski definition) is 0. The molecule has 1 aromatic carbocycles. The van der Waals surface area contributed by atoms with Gasteiger partial charge in [-0.05, 0) is 37.2 Å². The minimum Gasteiger partial charge on any atom is -0.384 e. The first kappa shape index (κ1) is 15.0. The number of methoxy groups -OCH3 is 1. The lowest BCUT2D eigenvalue weighted by Crippen LogP contribution is -2.41. The van der Waals surface area contributed by atoms with Crippen LogP contribution in [-0.4, -0.2) is 37.6 Å². The van der Waals surface area contributed by atoms with Crippen LogP contribution < -0.4 is 0 Å². The maximum atomic E-state index is 12.2. The van der Waals surface area contributed by atoms with E-state index in [1.165, 1.54) is 12.0 Å². The highest BCUT2D eigenvalue weighted by Crippen LogP contribution is 2.18. The average molecular weight is 275 g/mol. The van der Waals surface area contributed by atoms with Crippen molar-refractivity contribution in [3.63, 3.8) is 0 Å². The highest BCUT2D eigenvalue weighted by molar-refractivity contribution is 5.76. The molecule has 1 fully saturated rings. The summed E-state index contributed by atoms with van der Waals surface area (Å²) in [5.41, 5.74) is 1.32. The summed E-state index contributed by atoms with van der Waals surface area (Å²) < 4.78 is 5.21. The summed E-state index contributed by atoms with van der Waals surface area (Å²) in [6.07, 6.45) is 4.88. The highest BCUT2D eigenvalue weighted by atomic mass is 16.5. The molecule has 1 heterocycles. The minimum absolute atomic E-state index is 0.307. The second kappa shape index (κ2) is 8.05. The Morgan fingerprint density at radius 3 is 2.90 bits per heavy atom. The molecule has 1 amide bonds. The van der Waals surface area contributed by atoms with Gasteiger partial charge in [-0.25, -0.2) is 0 Å². The van der Waals surface area contributed by atoms with E-state index in [1.54, 1.807) is 7.11 Å². The van der Waals surface area contributed by atoms with Gasteiger partial charge in [0.2, 0.25) is 5.91 Å². The molecule has 3 heteroatoms. The van der Waals surface area contributed by atoms with Gasteiger partial charge in [0.1, 0.15) is 0 Å². The Bertz CT molecular complexity index is 403. The maximum absolute atomic E-state index is 12.2. The zero-order valence-electron chi connectivity index (χ0n) is 12.4. The second-order valence-electron chi connectivity index (χ2n) is 5.64. The van der Waals surface area contributed by atoms with Crippen LogP contribution in [0, 0.1) is 5.92 Å². The van der Waals surface area contributed by atoms with Crippen molar-refractivity contribution in [1.82, 2.24) is 4.90 Å². The number of aryl methyl sites for hydroxylation is 1. The predicted octanol–water partition coefficient (Wildman–Crippen LogP) is 2.89. The first-order valence-corrected chi connectivity index (χ1v) is 7.60. The summed E-state index contributed by atoms with van der Waals surface area (Å²) in [6.45, 7) is 2.57. The van der Waals surface area contributed by atoms with Crippen molar-refractivity contribution in [1.29, 1.82) is 0 Å². The summed E-state index contributed by atoms with van der Waals surface area (Å²) in [5, 5.41) is 0. The van der Waals surface area contributed by atoms with Crippen molar-refractivity contribution >= 4 is 5.91 Å². The fraction of sp³-hybridized carbons (Fsp3) is 0.588. The largest absolute Gasteiger partial charge is 0.384 e. The molecule has 2 rings (SSSR count). The van der Waals surface area contributed by atoms with E-state index >= 15 is 0 Å². The van der Waals surface area contributed by atoms with E-state index in [0.717, 1.165) is 39.0 Å². The molecule has 0 spiro atoms. The van der Waals surface area contributed by atoms with E-state index in [9.17, 15) is 4.79 Å². The highest BCUT2D eigenvalue weighted by Gasteiger charge is 2.22. The Labute approximate surface area is 121 Å². The van der Waals surface area contributed by atoms with Gasteiger partial charge in [-0.3, -0.25) is 4.79 Å². The normalized spacial score (nSPS) is 19.1. The zero-order valence-corrected chi connectivity index (χ0v) is 12.4. The van der Waals surface area contributed by atoms with Gasteiger partial charge in [-0.15, -0.1) is 0 Å². The first-order chi connectivity index (χ1) is 9.79. The van der Waals surface area contributed by atoms with Crippen LogP contribution in [0.5, 0.6) is 0 Å². The van der Waals surface area contributed by atoms with Crippen molar-refractivity contribution in [3.8, 4) is 0 Å². The third-order valence-corrected chi connectivity index (χ3v) is 3.97. The Morgan fingerprint density at radius 1 is 1.35 bits per heavy atom. The number of benzene rings is 1. The smallest absolute Gasteiger partial charge is 0.222 e. The standard InChI is InChI=1S/C17H25NO2/c1-20-14-16-10-6-12-18(13-16)17(19)11-5-9-15-7-3-2-4-8-15/h2-4,7-8,16H,5-6,9-14H2,1H3. The fourth-order valence-corrected chi connectivity index (χ4v) is 2.91. The van der Waals surface area contributed by atoms with Crippen molar-refractivity contribution in [3.05, 3.63) is 35.9 Å². The Hall–Kier alpha value is -1.35. The number of likely N-dealkylation sites (tertiary alicyclic amines) is 1. The van der Waals surface area contributed by atoms with Crippen LogP contribution in [0.4, 0.5) is 0 Å². The molecule has 1 aromatic rings. The van der Waals surface area contributed by atoms with Crippen molar-refractivity contribution in [2.75, 3.05) is 26.8 Å². The van der Waals surface area contributed by atoms with E-state index in [1.807, 2.05) is 11.0 Å². The number of rotatable bonds is 6. The zero-order chi connectivity index (χ0) is 14.2. The van der Waals surface area contributed by atoms with E-state index in [4.69, 9.17) is 4.74 Å². The molecule has 0 bridgehead atoms. The van der Waals surface area contributed by atoms with E-state index in [-0.39, 0.29) is 0 Å². The molecule has 3 nitrogen and oxygen atoms in total. The fourth-order valence-electron chi connectivity index (χ4n) is 2.91. The SMILES string of the molecule is COCC1CCCN(C(=O)CCCc2ccccc2)C1. The summed E-state index contributed by atoms with van der Waals surface area (Å²) in [7, 11) is 1.74. The molecule has 0 saturated carbocycles. The average Bonchev–Trinajstić information content (AvgIpc) is 2.49. The van der Waals surface area contributed by atoms with Gasteiger partial charge in [0.25, 0.3) is 0 Å². The van der Waals surface area contributed by atoms with Crippen molar-refractivity contribution in [2.24, 2.45) is 5.92 Å². The number of nitrogens with zero attached hydrogens (tertiary/aromatic N) is 1. The number of ether oxygens (including phenoxy) is 1. The molecule has 110 valence electrons. The molecule has 1 atom stereocenters. The van der Waals surface area contributed by atoms with Crippen molar-refractivity contribution < 1.29 is 9.53 Å². The van der Waals surface area contributed by atoms with Gasteiger partial charge in [0.05, 0.1) is 6.61 Å². The lowest BCUT2D eigenvalue weighted by Gasteiger charge is -2.32. The topological polar surface area (TPSA) is 29.5 Å². The molecule has 1 saturated heterocycles. The number of carbonyl (C=O) groups excluding carboxylic acids is 1. The Morgan fingerprint density at radius 2 is 2.15 bits per heavy atom. The Balaban J connectivity index is 1.71. The Kier molecular flexibility index (Phi) is 6.06. The van der Waals surface area contributed by atoms with Gasteiger partial charge in [0.15, 0.2) is 0 Å². The molecule has 0 radical (unpaired) electrons. The molecule has 1 unspecified atom stereocenters. The molecule has 0 aliphatic carbocycles. The van der Waals surface area contributed by atoms with Gasteiger partial charge in [-0.1, -0.05) is 30.3 Å². The number of amides is 1. The molecule has 20 heavy (non-hydrogen) atoms. The van der Waals surface area contributed by atoms with E-state index < -0.39 is 0 Å². The molecule has 1 aliphatic heterocycles. The van der Waals surface area contributed by atoms with E-state index in [2.05, 4.69) is 24.3 Å². The molecular formula is C17H25NO2. The van der Waals surface area contributed by atoms with Crippen LogP contribution in [-0.2, 0) is 16.0 Å². The number of piperidine rings is 1. The van der Waals surface area contributed by atoms with E-state index in [0.29, 0.717) is 18.2 Å². The van der Waals surface area contributed by atoms with Crippen LogP contribution in [0.15, 0.2) is 30.3 Å². The number of carbonyl (C=O) groups is 1. The van der Waals surface area contributed by atoms with Crippen LogP contribution in [0.1, 0.15) is 31.2 Å². The molecule has 1 aliphatic rings. The van der Waals surface area contributed by atoms with Crippen LogP contribution in [0.3, 0.4) is 0 Å².